The molecule has 24 heavy (non-hydrogen) atoms. The van der Waals surface area contributed by atoms with Crippen molar-refractivity contribution in [3.63, 3.8) is 0 Å². The van der Waals surface area contributed by atoms with E-state index in [0.29, 0.717) is 24.6 Å². The van der Waals surface area contributed by atoms with Crippen LogP contribution in [0.4, 0.5) is 4.39 Å². The quantitative estimate of drug-likeness (QED) is 0.884. The van der Waals surface area contributed by atoms with Crippen molar-refractivity contribution in [1.82, 2.24) is 9.80 Å². The lowest BCUT2D eigenvalue weighted by atomic mass is 9.94. The lowest BCUT2D eigenvalue weighted by Gasteiger charge is -2.42. The minimum absolute atomic E-state index is 0.0913. The van der Waals surface area contributed by atoms with Crippen LogP contribution in [0.3, 0.4) is 0 Å². The number of β-amino-alcohol motifs (C(OH)–C–C–N with tert-alkyl or cyclic N) is 1. The molecule has 1 saturated heterocycles. The number of carbonyl (C=O) groups is 1. The zero-order chi connectivity index (χ0) is 17.3. The molecule has 1 heterocycles. The van der Waals surface area contributed by atoms with Crippen molar-refractivity contribution in [1.29, 1.82) is 0 Å². The van der Waals surface area contributed by atoms with Crippen molar-refractivity contribution in [2.24, 2.45) is 5.92 Å². The standard InChI is InChI=1S/C18H24ClFN2O2/c1-21(18(24)15-7-6-13(20)8-16(15)19)17(12-4-2-3-5-12)11-22-9-14(23)10-22/h6-8,12,14,17,23H,2-5,9-11H2,1H3/t17-/m1/s1. The minimum Gasteiger partial charge on any atom is -0.390 e. The molecule has 2 aliphatic rings. The Kier molecular flexibility index (Phi) is 5.42. The summed E-state index contributed by atoms with van der Waals surface area (Å²) >= 11 is 6.07. The Balaban J connectivity index is 1.76. The van der Waals surface area contributed by atoms with Crippen LogP contribution in [0.15, 0.2) is 18.2 Å². The minimum atomic E-state index is -0.443. The molecule has 1 aliphatic heterocycles. The number of aliphatic hydroxyl groups excluding tert-OH is 1. The van der Waals surface area contributed by atoms with Gasteiger partial charge in [0.1, 0.15) is 5.82 Å². The topological polar surface area (TPSA) is 43.8 Å². The Morgan fingerprint density at radius 1 is 1.42 bits per heavy atom. The van der Waals surface area contributed by atoms with Gasteiger partial charge in [0.25, 0.3) is 5.91 Å². The maximum Gasteiger partial charge on any atom is 0.255 e. The van der Waals surface area contributed by atoms with Crippen LogP contribution < -0.4 is 0 Å². The highest BCUT2D eigenvalue weighted by atomic mass is 35.5. The molecule has 1 atom stereocenters. The van der Waals surface area contributed by atoms with Gasteiger partial charge in [0.2, 0.25) is 0 Å². The van der Waals surface area contributed by atoms with Crippen LogP contribution in [0.25, 0.3) is 0 Å². The van der Waals surface area contributed by atoms with Crippen LogP contribution in [-0.4, -0.2) is 59.6 Å². The summed E-state index contributed by atoms with van der Waals surface area (Å²) in [5.74, 6) is -0.144. The molecule has 132 valence electrons. The van der Waals surface area contributed by atoms with Crippen molar-refractivity contribution >= 4 is 17.5 Å². The molecule has 0 unspecified atom stereocenters. The zero-order valence-electron chi connectivity index (χ0n) is 13.9. The van der Waals surface area contributed by atoms with E-state index in [1.54, 1.807) is 11.9 Å². The molecular weight excluding hydrogens is 331 g/mol. The predicted octanol–water partition coefficient (Wildman–Crippen LogP) is 2.79. The molecule has 6 heteroatoms. The summed E-state index contributed by atoms with van der Waals surface area (Å²) in [5, 5.41) is 9.66. The second-order valence-electron chi connectivity index (χ2n) is 7.02. The molecule has 0 spiro atoms. The summed E-state index contributed by atoms with van der Waals surface area (Å²) in [4.78, 5) is 16.8. The third kappa shape index (κ3) is 3.73. The first-order chi connectivity index (χ1) is 11.5. The Morgan fingerprint density at radius 2 is 2.08 bits per heavy atom. The Morgan fingerprint density at radius 3 is 2.67 bits per heavy atom. The number of aliphatic hydroxyl groups is 1. The van der Waals surface area contributed by atoms with Crippen molar-refractivity contribution in [3.05, 3.63) is 34.6 Å². The van der Waals surface area contributed by atoms with E-state index >= 15 is 0 Å². The molecule has 2 fully saturated rings. The van der Waals surface area contributed by atoms with E-state index in [-0.39, 0.29) is 23.1 Å². The van der Waals surface area contributed by atoms with Crippen LogP contribution in [0.1, 0.15) is 36.0 Å². The number of likely N-dealkylation sites (tertiary alicyclic amines) is 1. The van der Waals surface area contributed by atoms with Crippen LogP contribution in [0, 0.1) is 11.7 Å². The summed E-state index contributed by atoms with van der Waals surface area (Å²) in [6.07, 6.45) is 4.39. The second-order valence-corrected chi connectivity index (χ2v) is 7.43. The maximum atomic E-state index is 13.2. The molecule has 1 amide bonds. The fourth-order valence-electron chi connectivity index (χ4n) is 3.89. The van der Waals surface area contributed by atoms with Gasteiger partial charge in [-0.2, -0.15) is 0 Å². The summed E-state index contributed by atoms with van der Waals surface area (Å²) in [7, 11) is 1.81. The number of amides is 1. The largest absolute Gasteiger partial charge is 0.390 e. The lowest BCUT2D eigenvalue weighted by Crippen LogP contribution is -2.57. The summed E-state index contributed by atoms with van der Waals surface area (Å²) in [6, 6.07) is 3.99. The Bertz CT molecular complexity index is 601. The molecule has 1 saturated carbocycles. The zero-order valence-corrected chi connectivity index (χ0v) is 14.7. The van der Waals surface area contributed by atoms with Crippen LogP contribution in [-0.2, 0) is 0 Å². The average Bonchev–Trinajstić information content (AvgIpc) is 3.03. The number of carbonyl (C=O) groups excluding carboxylic acids is 1. The smallest absolute Gasteiger partial charge is 0.255 e. The van der Waals surface area contributed by atoms with Gasteiger partial charge in [-0.3, -0.25) is 9.69 Å². The molecule has 1 aliphatic carbocycles. The molecule has 1 aromatic rings. The second kappa shape index (κ2) is 7.38. The number of hydrogen-bond donors (Lipinski definition) is 1. The fourth-order valence-corrected chi connectivity index (χ4v) is 4.14. The number of rotatable bonds is 5. The van der Waals surface area contributed by atoms with E-state index in [1.165, 1.54) is 31.0 Å². The number of nitrogens with zero attached hydrogens (tertiary/aromatic N) is 2. The van der Waals surface area contributed by atoms with E-state index in [9.17, 15) is 14.3 Å². The van der Waals surface area contributed by atoms with E-state index in [1.807, 2.05) is 0 Å². The Labute approximate surface area is 147 Å². The van der Waals surface area contributed by atoms with E-state index < -0.39 is 5.82 Å². The molecular formula is C18H24ClFN2O2. The van der Waals surface area contributed by atoms with Crippen LogP contribution in [0.5, 0.6) is 0 Å². The first kappa shape index (κ1) is 17.6. The highest BCUT2D eigenvalue weighted by Crippen LogP contribution is 2.32. The third-order valence-electron chi connectivity index (χ3n) is 5.31. The third-order valence-corrected chi connectivity index (χ3v) is 5.62. The van der Waals surface area contributed by atoms with E-state index in [0.717, 1.165) is 19.4 Å². The molecule has 0 radical (unpaired) electrons. The highest BCUT2D eigenvalue weighted by molar-refractivity contribution is 6.33. The van der Waals surface area contributed by atoms with Gasteiger partial charge in [0, 0.05) is 32.7 Å². The first-order valence-corrected chi connectivity index (χ1v) is 8.96. The van der Waals surface area contributed by atoms with E-state index in [4.69, 9.17) is 11.6 Å². The summed E-state index contributed by atoms with van der Waals surface area (Å²) in [6.45, 7) is 2.11. The monoisotopic (exact) mass is 354 g/mol. The van der Waals surface area contributed by atoms with Gasteiger partial charge in [-0.05, 0) is 37.0 Å². The van der Waals surface area contributed by atoms with Gasteiger partial charge in [-0.1, -0.05) is 24.4 Å². The number of halogens is 2. The first-order valence-electron chi connectivity index (χ1n) is 8.58. The van der Waals surface area contributed by atoms with Crippen LogP contribution in [0.2, 0.25) is 5.02 Å². The van der Waals surface area contributed by atoms with Gasteiger partial charge in [-0.25, -0.2) is 4.39 Å². The number of benzene rings is 1. The molecule has 3 rings (SSSR count). The predicted molar refractivity (Wildman–Crippen MR) is 91.7 cm³/mol. The Hall–Kier alpha value is -1.17. The molecule has 0 aromatic heterocycles. The van der Waals surface area contributed by atoms with Crippen LogP contribution >= 0.6 is 11.6 Å². The van der Waals surface area contributed by atoms with Crippen molar-refractivity contribution in [2.45, 2.75) is 37.8 Å². The van der Waals surface area contributed by atoms with Gasteiger partial charge in [0.05, 0.1) is 16.7 Å². The SMILES string of the molecule is CN(C(=O)c1ccc(F)cc1Cl)[C@H](CN1CC(O)C1)C1CCCC1. The summed E-state index contributed by atoms with van der Waals surface area (Å²) < 4.78 is 13.2. The van der Waals surface area contributed by atoms with Crippen molar-refractivity contribution < 1.29 is 14.3 Å². The fraction of sp³-hybridized carbons (Fsp3) is 0.611. The maximum absolute atomic E-state index is 13.2. The molecule has 1 aromatic carbocycles. The number of likely N-dealkylation sites (N-methyl/N-ethyl adjacent to an activating group) is 1. The normalized spacial score (nSPS) is 20.8. The summed E-state index contributed by atoms with van der Waals surface area (Å²) in [5.41, 5.74) is 0.340. The van der Waals surface area contributed by atoms with Gasteiger partial charge in [-0.15, -0.1) is 0 Å². The highest BCUT2D eigenvalue weighted by Gasteiger charge is 2.35. The molecule has 1 N–H and O–H groups in total. The van der Waals surface area contributed by atoms with Gasteiger partial charge >= 0.3 is 0 Å². The number of hydrogen-bond acceptors (Lipinski definition) is 3. The van der Waals surface area contributed by atoms with E-state index in [2.05, 4.69) is 4.90 Å². The lowest BCUT2D eigenvalue weighted by molar-refractivity contribution is -0.0166. The van der Waals surface area contributed by atoms with Crippen molar-refractivity contribution in [2.75, 3.05) is 26.7 Å². The van der Waals surface area contributed by atoms with Crippen molar-refractivity contribution in [3.8, 4) is 0 Å². The average molecular weight is 355 g/mol. The van der Waals surface area contributed by atoms with Gasteiger partial charge in [0.15, 0.2) is 0 Å². The van der Waals surface area contributed by atoms with Gasteiger partial charge < -0.3 is 10.0 Å². The molecule has 4 nitrogen and oxygen atoms in total. The molecule has 0 bridgehead atoms.